The molecule has 17 nitrogen and oxygen atoms in total. The van der Waals surface area contributed by atoms with Gasteiger partial charge in [0.2, 0.25) is 5.79 Å². The molecule has 1 amide bonds. The SMILES string of the molecule is COC1C(=O)C(C)C[C@H](C)C=CC=CC=C(C)[C@@H](OC)C[C@@H]2CC[C@@H](C)C(O)(O2)C(=O)C(=O)N2CCCC[C@H]2C(=O)O[C@H]([C@H](C)C[C@@H]2CC[C@H](n3cnnn3)[C@H](OC)C2)CC(=O)C(C)=CC(C)[C@H]1O. The first-order chi connectivity index (χ1) is 32.8. The van der Waals surface area contributed by atoms with Gasteiger partial charge in [-0.3, -0.25) is 19.2 Å². The van der Waals surface area contributed by atoms with Crippen LogP contribution in [0.2, 0.25) is 0 Å². The zero-order chi connectivity index (χ0) is 50.6. The number of methoxy groups -OCH3 is 3. The highest BCUT2D eigenvalue weighted by Crippen LogP contribution is 2.39. The first kappa shape index (κ1) is 55.7. The number of esters is 1. The van der Waals surface area contributed by atoms with Crippen molar-refractivity contribution < 1.29 is 57.9 Å². The van der Waals surface area contributed by atoms with Crippen molar-refractivity contribution in [2.45, 2.75) is 180 Å². The Labute approximate surface area is 408 Å². The average molecular weight is 966 g/mol. The maximum Gasteiger partial charge on any atom is 0.329 e. The van der Waals surface area contributed by atoms with E-state index < -0.39 is 77.8 Å². The van der Waals surface area contributed by atoms with E-state index in [9.17, 15) is 34.2 Å². The van der Waals surface area contributed by atoms with Gasteiger partial charge in [0.15, 0.2) is 11.6 Å². The molecule has 69 heavy (non-hydrogen) atoms. The average Bonchev–Trinajstić information content (AvgIpc) is 3.88. The molecule has 4 heterocycles. The van der Waals surface area contributed by atoms with Gasteiger partial charge < -0.3 is 38.8 Å². The summed E-state index contributed by atoms with van der Waals surface area (Å²) in [5.74, 6) is -7.89. The van der Waals surface area contributed by atoms with E-state index in [0.717, 1.165) is 18.4 Å². The Morgan fingerprint density at radius 3 is 2.33 bits per heavy atom. The number of hydrogen-bond acceptors (Lipinski definition) is 15. The van der Waals surface area contributed by atoms with Crippen molar-refractivity contribution in [1.29, 1.82) is 0 Å². The second-order valence-electron chi connectivity index (χ2n) is 20.4. The lowest BCUT2D eigenvalue weighted by atomic mass is 9.77. The topological polar surface area (TPSA) is 219 Å². The van der Waals surface area contributed by atoms with E-state index >= 15 is 0 Å². The fourth-order valence-corrected chi connectivity index (χ4v) is 10.8. The van der Waals surface area contributed by atoms with Crippen LogP contribution >= 0.6 is 0 Å². The molecule has 2 bridgehead atoms. The summed E-state index contributed by atoms with van der Waals surface area (Å²) in [7, 11) is 4.63. The van der Waals surface area contributed by atoms with Crippen LogP contribution in [0.4, 0.5) is 0 Å². The van der Waals surface area contributed by atoms with Gasteiger partial charge in [-0.2, -0.15) is 0 Å². The van der Waals surface area contributed by atoms with E-state index in [0.29, 0.717) is 56.9 Å². The maximum absolute atomic E-state index is 14.5. The van der Waals surface area contributed by atoms with Crippen molar-refractivity contribution >= 4 is 29.2 Å². The van der Waals surface area contributed by atoms with Crippen molar-refractivity contribution in [3.8, 4) is 0 Å². The third-order valence-corrected chi connectivity index (χ3v) is 15.2. The molecule has 4 unspecified atom stereocenters. The highest BCUT2D eigenvalue weighted by Gasteiger charge is 2.53. The molecule has 1 aromatic rings. The number of carbonyl (C=O) groups excluding carboxylic acids is 5. The minimum Gasteiger partial charge on any atom is -0.460 e. The van der Waals surface area contributed by atoms with E-state index in [1.165, 1.54) is 12.0 Å². The number of ether oxygens (including phenoxy) is 5. The molecule has 15 atom stereocenters. The van der Waals surface area contributed by atoms with E-state index in [2.05, 4.69) is 15.5 Å². The van der Waals surface area contributed by atoms with E-state index in [4.69, 9.17) is 23.7 Å². The van der Waals surface area contributed by atoms with Gasteiger partial charge in [-0.05, 0) is 117 Å². The van der Waals surface area contributed by atoms with Gasteiger partial charge in [0.25, 0.3) is 11.7 Å². The molecule has 1 aromatic heterocycles. The van der Waals surface area contributed by atoms with Gasteiger partial charge in [0, 0.05) is 58.5 Å². The molecule has 0 aromatic carbocycles. The van der Waals surface area contributed by atoms with E-state index in [-0.39, 0.29) is 60.9 Å². The minimum atomic E-state index is -2.43. The van der Waals surface area contributed by atoms with Crippen molar-refractivity contribution in [3.05, 3.63) is 53.9 Å². The fourth-order valence-electron chi connectivity index (χ4n) is 10.8. The smallest absolute Gasteiger partial charge is 0.329 e. The molecule has 384 valence electrons. The summed E-state index contributed by atoms with van der Waals surface area (Å²) in [5, 5.41) is 35.2. The number of aromatic nitrogens is 4. The molecule has 17 heteroatoms. The highest BCUT2D eigenvalue weighted by molar-refractivity contribution is 6.39. The number of Topliss-reactive ketones (excluding diaryl/α,β-unsaturated/α-hetero) is 3. The van der Waals surface area contributed by atoms with Crippen LogP contribution in [0, 0.1) is 35.5 Å². The molecule has 2 N–H and O–H groups in total. The Bertz CT molecular complexity index is 2020. The van der Waals surface area contributed by atoms with Gasteiger partial charge in [-0.15, -0.1) is 5.10 Å². The number of carbonyl (C=O) groups is 5. The molecule has 0 spiro atoms. The van der Waals surface area contributed by atoms with Crippen LogP contribution in [0.25, 0.3) is 0 Å². The third kappa shape index (κ3) is 14.2. The minimum absolute atomic E-state index is 0.0197. The number of tetrazole rings is 1. The van der Waals surface area contributed by atoms with Gasteiger partial charge in [-0.25, -0.2) is 9.48 Å². The molecule has 5 rings (SSSR count). The summed E-state index contributed by atoms with van der Waals surface area (Å²) in [4.78, 5) is 72.3. The van der Waals surface area contributed by atoms with Crippen molar-refractivity contribution in [2.75, 3.05) is 27.9 Å². The van der Waals surface area contributed by atoms with Crippen molar-refractivity contribution in [3.63, 3.8) is 0 Å². The molecule has 1 aliphatic carbocycles. The van der Waals surface area contributed by atoms with Crippen LogP contribution in [0.1, 0.15) is 132 Å². The summed E-state index contributed by atoms with van der Waals surface area (Å²) in [6.07, 6.45) is 14.0. The van der Waals surface area contributed by atoms with Crippen molar-refractivity contribution in [1.82, 2.24) is 25.1 Å². The second kappa shape index (κ2) is 25.7. The number of piperidine rings is 1. The van der Waals surface area contributed by atoms with E-state index in [1.54, 1.807) is 52.1 Å². The fraction of sp³-hybridized carbons (Fsp3) is 0.731. The summed E-state index contributed by atoms with van der Waals surface area (Å²) < 4.78 is 31.6. The number of allylic oxidation sites excluding steroid dienone is 6. The summed E-state index contributed by atoms with van der Waals surface area (Å²) in [5.41, 5.74) is 1.20. The number of rotatable bonds is 7. The molecule has 4 aliphatic rings. The normalized spacial score (nSPS) is 36.3. The Hall–Kier alpha value is -4.26. The lowest BCUT2D eigenvalue weighted by Gasteiger charge is -2.42. The largest absolute Gasteiger partial charge is 0.460 e. The number of fused-ring (bicyclic) bond motifs is 3. The second-order valence-corrected chi connectivity index (χ2v) is 20.4. The van der Waals surface area contributed by atoms with Gasteiger partial charge in [-0.1, -0.05) is 71.1 Å². The lowest BCUT2D eigenvalue weighted by Crippen LogP contribution is -2.61. The standard InChI is InChI=1S/C52H79N5O12/c1-31-16-12-11-13-17-32(2)43(65-8)28-39-21-19-37(7)52(64,69-39)49(61)50(62)56-23-15-14-18-41(56)51(63)68-44(34(4)26-38-20-22-40(45(27-38)66-9)57-30-53-54-55-57)29-42(58)33(3)25-36(6)47(60)48(67-10)46(59)35(5)24-31/h11-13,16-17,25,30-31,34-41,43-45,47-48,60,64H,14-15,18-24,26-29H2,1-10H3/t31-,34-,35?,36?,37-,38+,39+,40+,41+,43+,44+,45-,47-,48?,52?/m1/s1. The van der Waals surface area contributed by atoms with Crippen LogP contribution in [0.5, 0.6) is 0 Å². The lowest BCUT2D eigenvalue weighted by molar-refractivity contribution is -0.265. The Morgan fingerprint density at radius 1 is 0.899 bits per heavy atom. The predicted molar refractivity (Wildman–Crippen MR) is 256 cm³/mol. The number of aliphatic hydroxyl groups is 2. The Morgan fingerprint density at radius 2 is 1.65 bits per heavy atom. The van der Waals surface area contributed by atoms with Crippen LogP contribution in [0.3, 0.4) is 0 Å². The molecule has 1 saturated carbocycles. The van der Waals surface area contributed by atoms with Crippen LogP contribution < -0.4 is 0 Å². The summed E-state index contributed by atoms with van der Waals surface area (Å²) in [6, 6.07) is -1.20. The quantitative estimate of drug-likeness (QED) is 0.235. The first-order valence-corrected chi connectivity index (χ1v) is 25.0. The van der Waals surface area contributed by atoms with Gasteiger partial charge in [0.05, 0.1) is 30.5 Å². The number of aliphatic hydroxyl groups excluding tert-OH is 1. The molecule has 0 radical (unpaired) electrons. The zero-order valence-corrected chi connectivity index (χ0v) is 42.5. The first-order valence-electron chi connectivity index (χ1n) is 25.0. The van der Waals surface area contributed by atoms with Crippen LogP contribution in [-0.2, 0) is 47.7 Å². The Balaban J connectivity index is 1.46. The zero-order valence-electron chi connectivity index (χ0n) is 42.5. The highest BCUT2D eigenvalue weighted by atomic mass is 16.6. The number of ketones is 3. The van der Waals surface area contributed by atoms with Gasteiger partial charge >= 0.3 is 5.97 Å². The number of nitrogens with zero attached hydrogens (tertiary/aromatic N) is 5. The third-order valence-electron chi connectivity index (χ3n) is 15.2. The number of hydrogen-bond donors (Lipinski definition) is 2. The molecular weight excluding hydrogens is 887 g/mol. The monoisotopic (exact) mass is 966 g/mol. The van der Waals surface area contributed by atoms with E-state index in [1.807, 2.05) is 58.1 Å². The van der Waals surface area contributed by atoms with Crippen molar-refractivity contribution in [2.24, 2.45) is 35.5 Å². The van der Waals surface area contributed by atoms with Crippen LogP contribution in [-0.4, -0.2) is 141 Å². The van der Waals surface area contributed by atoms with Gasteiger partial charge in [0.1, 0.15) is 24.6 Å². The molecule has 2 saturated heterocycles. The maximum atomic E-state index is 14.5. The molecule has 3 fully saturated rings. The molecular formula is C52H79N5O12. The summed E-state index contributed by atoms with van der Waals surface area (Å²) in [6.45, 7) is 12.8. The molecule has 3 aliphatic heterocycles. The predicted octanol–water partition coefficient (Wildman–Crippen LogP) is 6.05. The number of amides is 1. The van der Waals surface area contributed by atoms with Crippen LogP contribution in [0.15, 0.2) is 53.9 Å². The number of cyclic esters (lactones) is 1. The Kier molecular flexibility index (Phi) is 20.8. The summed E-state index contributed by atoms with van der Waals surface area (Å²) >= 11 is 0.